The van der Waals surface area contributed by atoms with Gasteiger partial charge in [0.05, 0.1) is 74.4 Å². The van der Waals surface area contributed by atoms with Gasteiger partial charge in [0.25, 0.3) is 0 Å². The number of rotatable bonds is 22. The molecule has 10 rings (SSSR count). The van der Waals surface area contributed by atoms with Crippen molar-refractivity contribution in [2.75, 3.05) is 26.4 Å². The van der Waals surface area contributed by atoms with Crippen LogP contribution in [0.4, 0.5) is 0 Å². The Labute approximate surface area is 565 Å². The van der Waals surface area contributed by atoms with Gasteiger partial charge in [-0.2, -0.15) is 0 Å². The van der Waals surface area contributed by atoms with Crippen molar-refractivity contribution in [2.45, 2.75) is 176 Å². The highest BCUT2D eigenvalue weighted by molar-refractivity contribution is 5.93. The second-order valence-electron chi connectivity index (χ2n) is 24.0. The Kier molecular flexibility index (Phi) is 33.1. The first-order valence-corrected chi connectivity index (χ1v) is 30.0. The summed E-state index contributed by atoms with van der Waals surface area (Å²) in [4.78, 5) is 52.1. The van der Waals surface area contributed by atoms with Crippen molar-refractivity contribution in [3.63, 3.8) is 0 Å². The molecule has 0 amide bonds. The minimum atomic E-state index is -0.414. The van der Waals surface area contributed by atoms with E-state index in [1.807, 2.05) is 111 Å². The molecule has 6 aromatic carbocycles. The lowest BCUT2D eigenvalue weighted by Crippen LogP contribution is -2.27. The van der Waals surface area contributed by atoms with E-state index in [1.54, 1.807) is 12.1 Å². The molecule has 0 aromatic heterocycles. The van der Waals surface area contributed by atoms with E-state index in [4.69, 9.17) is 37.9 Å². The van der Waals surface area contributed by atoms with Crippen molar-refractivity contribution in [3.05, 3.63) is 216 Å². The molecule has 94 heavy (non-hydrogen) atoms. The van der Waals surface area contributed by atoms with E-state index in [0.717, 1.165) is 131 Å². The maximum absolute atomic E-state index is 13.1. The molecule has 12 heteroatoms. The second-order valence-corrected chi connectivity index (χ2v) is 24.0. The maximum atomic E-state index is 13.1. The van der Waals surface area contributed by atoms with Crippen LogP contribution in [-0.2, 0) is 52.2 Å². The Morgan fingerprint density at radius 3 is 0.957 bits per heavy atom. The molecule has 512 valence electrons. The number of ether oxygens (including phenoxy) is 8. The zero-order valence-corrected chi connectivity index (χ0v) is 50.6. The molecule has 4 aliphatic carbocycles. The summed E-state index contributed by atoms with van der Waals surface area (Å²) in [7, 11) is 0. The Balaban J connectivity index is 0.000000869. The summed E-state index contributed by atoms with van der Waals surface area (Å²) in [5.74, 6) is 1.74. The van der Waals surface area contributed by atoms with Crippen molar-refractivity contribution >= 4 is 23.9 Å². The van der Waals surface area contributed by atoms with Crippen LogP contribution in [0.1, 0.15) is 204 Å². The van der Waals surface area contributed by atoms with Crippen LogP contribution in [0.3, 0.4) is 0 Å². The normalized spacial score (nSPS) is 16.6. The number of fused-ring (bicyclic) bond motifs is 6. The summed E-state index contributed by atoms with van der Waals surface area (Å²) >= 11 is 0. The number of hydrogen-bond acceptors (Lipinski definition) is 12. The fourth-order valence-electron chi connectivity index (χ4n) is 12.6. The Morgan fingerprint density at radius 2 is 0.681 bits per heavy atom. The smallest absolute Gasteiger partial charge is 0.343 e. The van der Waals surface area contributed by atoms with E-state index in [1.165, 1.54) is 25.0 Å². The van der Waals surface area contributed by atoms with Crippen LogP contribution in [-0.4, -0.2) is 50.3 Å². The minimum Gasteiger partial charge on any atom is -0.502 e. The highest BCUT2D eigenvalue weighted by Crippen LogP contribution is 2.52. The average molecular weight is 1290 g/mol. The van der Waals surface area contributed by atoms with Gasteiger partial charge in [0.1, 0.15) is 23.0 Å². The third kappa shape index (κ3) is 19.3. The van der Waals surface area contributed by atoms with Crippen LogP contribution in [0.5, 0.6) is 23.0 Å². The molecular weight excluding hydrogens is 1180 g/mol. The summed E-state index contributed by atoms with van der Waals surface area (Å²) in [6.07, 6.45) is 14.4. The minimum absolute atomic E-state index is 0. The monoisotopic (exact) mass is 1290 g/mol. The quantitative estimate of drug-likeness (QED) is 0.0276. The first-order valence-electron chi connectivity index (χ1n) is 30.0. The molecule has 0 aliphatic heterocycles. The van der Waals surface area contributed by atoms with Gasteiger partial charge in [-0.1, -0.05) is 150 Å². The van der Waals surface area contributed by atoms with Gasteiger partial charge in [-0.05, 0) is 217 Å². The van der Waals surface area contributed by atoms with Gasteiger partial charge < -0.3 is 37.9 Å². The molecule has 0 unspecified atom stereocenters. The Hall–Kier alpha value is -8.64. The van der Waals surface area contributed by atoms with Crippen LogP contribution in [0, 0.1) is 37.5 Å². The first-order chi connectivity index (χ1) is 41.4. The average Bonchev–Trinajstić information content (AvgIpc) is 1.59. The van der Waals surface area contributed by atoms with Crippen LogP contribution in [0.15, 0.2) is 161 Å². The van der Waals surface area contributed by atoms with E-state index >= 15 is 0 Å². The maximum Gasteiger partial charge on any atom is 0.343 e. The summed E-state index contributed by atoms with van der Waals surface area (Å²) in [6.45, 7) is 29.2. The molecule has 0 heterocycles. The molecule has 2 saturated carbocycles. The third-order valence-corrected chi connectivity index (χ3v) is 17.7. The number of benzene rings is 6. The zero-order chi connectivity index (χ0) is 61.1. The van der Waals surface area contributed by atoms with Gasteiger partial charge in [-0.25, -0.2) is 9.59 Å². The van der Waals surface area contributed by atoms with Gasteiger partial charge in [0.15, 0.2) is 0 Å². The van der Waals surface area contributed by atoms with Crippen LogP contribution in [0.25, 0.3) is 22.3 Å². The fraction of sp³-hybridized carbons (Fsp3) is 0.415. The largest absolute Gasteiger partial charge is 0.502 e. The lowest BCUT2D eigenvalue weighted by molar-refractivity contribution is -0.141. The zero-order valence-electron chi connectivity index (χ0n) is 50.6. The van der Waals surface area contributed by atoms with E-state index in [-0.39, 0.29) is 88.6 Å². The Bertz CT molecular complexity index is 3290. The number of carbonyl (C=O) groups excluding carboxylic acids is 4. The van der Waals surface area contributed by atoms with Crippen molar-refractivity contribution < 1.29 is 57.1 Å². The van der Waals surface area contributed by atoms with Crippen molar-refractivity contribution in [2.24, 2.45) is 23.7 Å². The van der Waals surface area contributed by atoms with E-state index in [2.05, 4.69) is 54.0 Å². The molecule has 0 bridgehead atoms. The van der Waals surface area contributed by atoms with Crippen molar-refractivity contribution in [1.29, 1.82) is 0 Å². The van der Waals surface area contributed by atoms with Crippen molar-refractivity contribution in [3.8, 4) is 45.3 Å². The molecular formula is C82H112O12. The lowest BCUT2D eigenvalue weighted by atomic mass is 9.82. The summed E-state index contributed by atoms with van der Waals surface area (Å²) < 4.78 is 44.6. The van der Waals surface area contributed by atoms with Crippen molar-refractivity contribution in [1.82, 2.24) is 0 Å². The highest BCUT2D eigenvalue weighted by Gasteiger charge is 2.39. The summed E-state index contributed by atoms with van der Waals surface area (Å²) in [5, 5.41) is 0. The second kappa shape index (κ2) is 37.3. The molecule has 6 aromatic rings. The van der Waals surface area contributed by atoms with Gasteiger partial charge in [0, 0.05) is 23.7 Å². The molecule has 0 saturated heterocycles. The number of carbonyl (C=O) groups is 4. The van der Waals surface area contributed by atoms with Gasteiger partial charge in [-0.3, -0.25) is 9.59 Å². The fourth-order valence-corrected chi connectivity index (χ4v) is 12.6. The predicted molar refractivity (Wildman–Crippen MR) is 388 cm³/mol. The summed E-state index contributed by atoms with van der Waals surface area (Å²) in [5.41, 5.74) is 13.1. The molecule has 0 N–H and O–H groups in total. The van der Waals surface area contributed by atoms with Gasteiger partial charge >= 0.3 is 23.9 Å². The number of esters is 4. The molecule has 0 radical (unpaired) electrons. The standard InChI is InChI=1S/C39H38O6.C35H42O6.8CH4/c1-7-42-19-17-27-9-11-29(21-25(27)3)37(40)44-31-13-15-33-34-16-14-32(24-36(34)39(5,6)35(33)23-31)45-38(41)30-12-10-28(26(4)22-30)18-20-43-8-2;1-5-38-21-23-7-11-25(12-8-23)33(36)40-27-15-17-29-30-18-16-28(20-32(30)35(3,4)31(29)19-27)41-34(37)26-13-9-24(10-14-26)22-39-6-2;;;;;;;;/h7-16,21-24H,1-2,17-20H2,3-6H3;5-6,15-20,23-26H,1-2,7-14,21-22H2,3-4H3;8*1H4. The molecule has 0 atom stereocenters. The lowest BCUT2D eigenvalue weighted by Gasteiger charge is -2.27. The third-order valence-electron chi connectivity index (χ3n) is 17.7. The highest BCUT2D eigenvalue weighted by atomic mass is 16.5. The van der Waals surface area contributed by atoms with Crippen LogP contribution >= 0.6 is 0 Å². The van der Waals surface area contributed by atoms with E-state index < -0.39 is 17.4 Å². The SMILES string of the molecule is C.C.C.C.C.C.C.C.C=COCC1CCC(C(=O)Oc2ccc3c(c2)C(C)(C)c2cc(OC(=O)C4CCC(COC=C)CC4)ccc2-3)CC1.C=COCCc1ccc(C(=O)Oc2ccc3c(c2)C(C)(C)c2cc(OC(=O)c4ccc(CCOC=C)c(C)c4)ccc2-3)cc1C. The van der Waals surface area contributed by atoms with Gasteiger partial charge in [0.2, 0.25) is 0 Å². The predicted octanol–water partition coefficient (Wildman–Crippen LogP) is 21.3. The van der Waals surface area contributed by atoms with Crippen LogP contribution in [0.2, 0.25) is 0 Å². The first kappa shape index (κ1) is 83.4. The molecule has 0 spiro atoms. The van der Waals surface area contributed by atoms with Gasteiger partial charge in [-0.15, -0.1) is 0 Å². The van der Waals surface area contributed by atoms with Crippen LogP contribution < -0.4 is 18.9 Å². The summed E-state index contributed by atoms with van der Waals surface area (Å²) in [6, 6.07) is 34.4. The molecule has 2 fully saturated rings. The van der Waals surface area contributed by atoms with E-state index in [0.29, 0.717) is 72.4 Å². The Morgan fingerprint density at radius 1 is 0.394 bits per heavy atom. The number of hydrogen-bond donors (Lipinski definition) is 0. The topological polar surface area (TPSA) is 142 Å². The molecule has 12 nitrogen and oxygen atoms in total. The van der Waals surface area contributed by atoms with E-state index in [9.17, 15) is 19.2 Å². The molecule has 4 aliphatic rings. The number of aryl methyl sites for hydroxylation is 2.